The molecular formula is C11H12ClIO3. The molecule has 0 spiro atoms. The van der Waals surface area contributed by atoms with Crippen molar-refractivity contribution in [2.24, 2.45) is 0 Å². The van der Waals surface area contributed by atoms with Crippen molar-refractivity contribution in [1.29, 1.82) is 0 Å². The highest BCUT2D eigenvalue weighted by molar-refractivity contribution is 14.1. The van der Waals surface area contributed by atoms with Gasteiger partial charge in [-0.1, -0.05) is 34.2 Å². The first-order valence-corrected chi connectivity index (χ1v) is 6.64. The molecular weight excluding hydrogens is 342 g/mol. The highest BCUT2D eigenvalue weighted by Crippen LogP contribution is 2.32. The number of hydrogen-bond acceptors (Lipinski definition) is 2. The average Bonchev–Trinajstić information content (AvgIpc) is 2.19. The van der Waals surface area contributed by atoms with E-state index in [4.69, 9.17) is 21.4 Å². The van der Waals surface area contributed by atoms with Crippen LogP contribution in [0.15, 0.2) is 12.1 Å². The average molecular weight is 355 g/mol. The molecule has 0 aromatic heterocycles. The summed E-state index contributed by atoms with van der Waals surface area (Å²) < 4.78 is 6.23. The second-order valence-corrected chi connectivity index (χ2v) is 4.72. The minimum atomic E-state index is -0.982. The third kappa shape index (κ3) is 3.25. The molecule has 1 rings (SSSR count). The lowest BCUT2D eigenvalue weighted by atomic mass is 10.1. The fraction of sp³-hybridized carbons (Fsp3) is 0.364. The van der Waals surface area contributed by atoms with Gasteiger partial charge in [0.25, 0.3) is 0 Å². The van der Waals surface area contributed by atoms with Gasteiger partial charge in [0, 0.05) is 9.99 Å². The van der Waals surface area contributed by atoms with E-state index in [2.05, 4.69) is 22.6 Å². The van der Waals surface area contributed by atoms with Crippen LogP contribution in [-0.2, 0) is 4.43 Å². The molecule has 0 aliphatic rings. The Balaban J connectivity index is 3.23. The summed E-state index contributed by atoms with van der Waals surface area (Å²) in [6, 6.07) is 3.01. The van der Waals surface area contributed by atoms with Crippen molar-refractivity contribution < 1.29 is 14.6 Å². The van der Waals surface area contributed by atoms with Gasteiger partial charge in [0.1, 0.15) is 5.75 Å². The zero-order valence-corrected chi connectivity index (χ0v) is 11.9. The fourth-order valence-electron chi connectivity index (χ4n) is 1.24. The quantitative estimate of drug-likeness (QED) is 0.661. The highest BCUT2D eigenvalue weighted by atomic mass is 127. The summed E-state index contributed by atoms with van der Waals surface area (Å²) in [6.45, 7) is 3.80. The predicted octanol–water partition coefficient (Wildman–Crippen LogP) is 3.76. The molecule has 0 atom stereocenters. The van der Waals surface area contributed by atoms with Crippen LogP contribution in [0.5, 0.6) is 5.75 Å². The maximum Gasteiger partial charge on any atom is 0.335 e. The van der Waals surface area contributed by atoms with E-state index >= 15 is 0 Å². The van der Waals surface area contributed by atoms with Crippen LogP contribution < -0.4 is 4.74 Å². The van der Waals surface area contributed by atoms with Gasteiger partial charge in [-0.25, -0.2) is 4.79 Å². The Bertz CT molecular complexity index is 404. The third-order valence-electron chi connectivity index (χ3n) is 1.86. The van der Waals surface area contributed by atoms with Crippen molar-refractivity contribution in [2.75, 3.05) is 0 Å². The number of benzene rings is 1. The Morgan fingerprint density at radius 3 is 2.62 bits per heavy atom. The highest BCUT2D eigenvalue weighted by Gasteiger charge is 2.14. The van der Waals surface area contributed by atoms with E-state index < -0.39 is 5.97 Å². The van der Waals surface area contributed by atoms with Gasteiger partial charge < -0.3 is 9.84 Å². The van der Waals surface area contributed by atoms with Crippen LogP contribution in [0.2, 0.25) is 5.02 Å². The summed E-state index contributed by atoms with van der Waals surface area (Å²) in [4.78, 5) is 10.9. The molecule has 1 aromatic rings. The molecule has 16 heavy (non-hydrogen) atoms. The Morgan fingerprint density at radius 2 is 2.19 bits per heavy atom. The van der Waals surface area contributed by atoms with Gasteiger partial charge in [0.15, 0.2) is 0 Å². The van der Waals surface area contributed by atoms with Gasteiger partial charge in [-0.2, -0.15) is 0 Å². The first-order chi connectivity index (χ1) is 7.45. The Hall–Kier alpha value is -0.490. The SMILES string of the molecule is CC(C)Oc1c(Cl)cc(C(=O)O)cc1CI. The van der Waals surface area contributed by atoms with Gasteiger partial charge in [-0.3, -0.25) is 0 Å². The van der Waals surface area contributed by atoms with E-state index in [-0.39, 0.29) is 11.7 Å². The molecule has 0 bridgehead atoms. The van der Waals surface area contributed by atoms with Crippen molar-refractivity contribution >= 4 is 40.2 Å². The van der Waals surface area contributed by atoms with E-state index in [0.717, 1.165) is 5.56 Å². The summed E-state index contributed by atoms with van der Waals surface area (Å²) in [5.74, 6) is -0.403. The first kappa shape index (κ1) is 13.6. The van der Waals surface area contributed by atoms with Crippen molar-refractivity contribution in [3.63, 3.8) is 0 Å². The largest absolute Gasteiger partial charge is 0.489 e. The minimum Gasteiger partial charge on any atom is -0.489 e. The lowest BCUT2D eigenvalue weighted by molar-refractivity contribution is 0.0696. The van der Waals surface area contributed by atoms with E-state index in [9.17, 15) is 4.79 Å². The Kier molecular flexibility index (Phi) is 4.86. The van der Waals surface area contributed by atoms with Crippen molar-refractivity contribution in [2.45, 2.75) is 24.4 Å². The van der Waals surface area contributed by atoms with Crippen LogP contribution in [0.3, 0.4) is 0 Å². The van der Waals surface area contributed by atoms with Crippen LogP contribution in [0.4, 0.5) is 0 Å². The molecule has 0 fully saturated rings. The van der Waals surface area contributed by atoms with Crippen molar-refractivity contribution in [3.8, 4) is 5.75 Å². The molecule has 5 heteroatoms. The van der Waals surface area contributed by atoms with Gasteiger partial charge in [-0.15, -0.1) is 0 Å². The summed E-state index contributed by atoms with van der Waals surface area (Å²) in [6.07, 6.45) is 0.00915. The smallest absolute Gasteiger partial charge is 0.335 e. The summed E-state index contributed by atoms with van der Waals surface area (Å²) in [5.41, 5.74) is 0.993. The van der Waals surface area contributed by atoms with E-state index in [1.54, 1.807) is 6.07 Å². The van der Waals surface area contributed by atoms with Gasteiger partial charge in [0.2, 0.25) is 0 Å². The predicted molar refractivity (Wildman–Crippen MR) is 71.9 cm³/mol. The van der Waals surface area contributed by atoms with Crippen LogP contribution in [0.25, 0.3) is 0 Å². The second-order valence-electron chi connectivity index (χ2n) is 3.55. The molecule has 1 N–H and O–H groups in total. The monoisotopic (exact) mass is 354 g/mol. The van der Waals surface area contributed by atoms with Crippen LogP contribution in [-0.4, -0.2) is 17.2 Å². The molecule has 0 aliphatic heterocycles. The maximum atomic E-state index is 10.9. The summed E-state index contributed by atoms with van der Waals surface area (Å²) in [7, 11) is 0. The number of carboxylic acids is 1. The molecule has 3 nitrogen and oxygen atoms in total. The molecule has 0 unspecified atom stereocenters. The standard InChI is InChI=1S/C11H12ClIO3/c1-6(2)16-10-8(5-13)3-7(11(14)15)4-9(10)12/h3-4,6H,5H2,1-2H3,(H,14,15). The maximum absolute atomic E-state index is 10.9. The number of rotatable bonds is 4. The molecule has 0 heterocycles. The third-order valence-corrected chi connectivity index (χ3v) is 2.97. The molecule has 0 amide bonds. The van der Waals surface area contributed by atoms with Crippen LogP contribution in [0, 0.1) is 0 Å². The number of ether oxygens (including phenoxy) is 1. The topological polar surface area (TPSA) is 46.5 Å². The van der Waals surface area contributed by atoms with E-state index in [1.165, 1.54) is 6.07 Å². The normalized spacial score (nSPS) is 10.6. The van der Waals surface area contributed by atoms with E-state index in [0.29, 0.717) is 15.2 Å². The van der Waals surface area contributed by atoms with Crippen LogP contribution >= 0.6 is 34.2 Å². The molecule has 0 radical (unpaired) electrons. The Labute approximate surface area is 113 Å². The lowest BCUT2D eigenvalue weighted by Crippen LogP contribution is -2.09. The van der Waals surface area contributed by atoms with Crippen molar-refractivity contribution in [3.05, 3.63) is 28.3 Å². The summed E-state index contributed by atoms with van der Waals surface area (Å²) >= 11 is 8.16. The zero-order chi connectivity index (χ0) is 12.3. The molecule has 0 aliphatic carbocycles. The zero-order valence-electron chi connectivity index (χ0n) is 8.96. The number of aromatic carboxylic acids is 1. The van der Waals surface area contributed by atoms with Crippen molar-refractivity contribution in [1.82, 2.24) is 0 Å². The number of alkyl halides is 1. The lowest BCUT2D eigenvalue weighted by Gasteiger charge is -2.15. The van der Waals surface area contributed by atoms with Gasteiger partial charge >= 0.3 is 5.97 Å². The number of halogens is 2. The number of carboxylic acid groups (broad SMARTS) is 1. The first-order valence-electron chi connectivity index (χ1n) is 4.74. The number of hydrogen-bond donors (Lipinski definition) is 1. The second kappa shape index (κ2) is 5.72. The Morgan fingerprint density at radius 1 is 1.56 bits per heavy atom. The minimum absolute atomic E-state index is 0.00915. The van der Waals surface area contributed by atoms with Crippen LogP contribution in [0.1, 0.15) is 29.8 Å². The fourth-order valence-corrected chi connectivity index (χ4v) is 2.09. The molecule has 1 aromatic carbocycles. The molecule has 88 valence electrons. The molecule has 0 saturated heterocycles. The number of carbonyl (C=O) groups is 1. The van der Waals surface area contributed by atoms with Gasteiger partial charge in [-0.05, 0) is 26.0 Å². The van der Waals surface area contributed by atoms with Gasteiger partial charge in [0.05, 0.1) is 16.7 Å². The summed E-state index contributed by atoms with van der Waals surface area (Å²) in [5, 5.41) is 9.25. The molecule has 0 saturated carbocycles. The van der Waals surface area contributed by atoms with E-state index in [1.807, 2.05) is 13.8 Å².